The summed E-state index contributed by atoms with van der Waals surface area (Å²) >= 11 is 0. The number of piperidine rings is 1. The minimum atomic E-state index is 0.170. The summed E-state index contributed by atoms with van der Waals surface area (Å²) in [6.45, 7) is 4.55. The smallest absolute Gasteiger partial charge is 0.233 e. The topological polar surface area (TPSA) is 72.3 Å². The first-order valence-corrected chi connectivity index (χ1v) is 10.8. The van der Waals surface area contributed by atoms with Crippen molar-refractivity contribution in [3.05, 3.63) is 42.5 Å². The SMILES string of the molecule is O=C(CCC1CCN(Cc2cccn2-c2ncccn2)CC1)NCC1CCCO1. The van der Waals surface area contributed by atoms with Crippen molar-refractivity contribution >= 4 is 5.91 Å². The third kappa shape index (κ3) is 5.64. The second-order valence-electron chi connectivity index (χ2n) is 8.12. The number of hydrogen-bond donors (Lipinski definition) is 1. The summed E-state index contributed by atoms with van der Waals surface area (Å²) in [5, 5.41) is 3.04. The molecular weight excluding hydrogens is 366 g/mol. The Hall–Kier alpha value is -2.25. The van der Waals surface area contributed by atoms with Crippen LogP contribution in [0.1, 0.15) is 44.2 Å². The molecule has 0 radical (unpaired) electrons. The summed E-state index contributed by atoms with van der Waals surface area (Å²) in [4.78, 5) is 23.3. The number of hydrogen-bond acceptors (Lipinski definition) is 5. The maximum atomic E-state index is 12.1. The van der Waals surface area contributed by atoms with Gasteiger partial charge in [0.25, 0.3) is 0 Å². The van der Waals surface area contributed by atoms with E-state index in [4.69, 9.17) is 4.74 Å². The molecule has 1 N–H and O–H groups in total. The van der Waals surface area contributed by atoms with Crippen molar-refractivity contribution in [2.75, 3.05) is 26.2 Å². The number of carbonyl (C=O) groups excluding carboxylic acids is 1. The lowest BCUT2D eigenvalue weighted by Crippen LogP contribution is -2.35. The van der Waals surface area contributed by atoms with Crippen molar-refractivity contribution in [1.82, 2.24) is 24.8 Å². The Morgan fingerprint density at radius 2 is 2.00 bits per heavy atom. The van der Waals surface area contributed by atoms with Gasteiger partial charge >= 0.3 is 0 Å². The van der Waals surface area contributed by atoms with Gasteiger partial charge in [0.2, 0.25) is 11.9 Å². The van der Waals surface area contributed by atoms with Gasteiger partial charge in [-0.25, -0.2) is 9.97 Å². The maximum Gasteiger partial charge on any atom is 0.233 e. The van der Waals surface area contributed by atoms with Gasteiger partial charge in [-0.05, 0) is 69.3 Å². The highest BCUT2D eigenvalue weighted by Gasteiger charge is 2.22. The van der Waals surface area contributed by atoms with Gasteiger partial charge in [-0.15, -0.1) is 0 Å². The number of likely N-dealkylation sites (tertiary alicyclic amines) is 1. The van der Waals surface area contributed by atoms with E-state index in [0.717, 1.165) is 64.3 Å². The van der Waals surface area contributed by atoms with E-state index in [1.165, 1.54) is 5.69 Å². The molecule has 7 heteroatoms. The number of aromatic nitrogens is 3. The zero-order valence-corrected chi connectivity index (χ0v) is 17.0. The fraction of sp³-hybridized carbons (Fsp3) is 0.591. The number of rotatable bonds is 8. The van der Waals surface area contributed by atoms with Gasteiger partial charge in [-0.3, -0.25) is 14.3 Å². The Morgan fingerprint density at radius 3 is 2.76 bits per heavy atom. The van der Waals surface area contributed by atoms with Crippen molar-refractivity contribution in [1.29, 1.82) is 0 Å². The standard InChI is InChI=1S/C22H31N5O2/c28-21(25-16-20-5-2-15-29-20)7-6-18-8-13-26(14-9-18)17-19-4-1-12-27(19)22-23-10-3-11-24-22/h1,3-4,10-12,18,20H,2,5-9,13-17H2,(H,25,28). The molecule has 29 heavy (non-hydrogen) atoms. The molecule has 0 spiro atoms. The van der Waals surface area contributed by atoms with E-state index in [-0.39, 0.29) is 12.0 Å². The summed E-state index contributed by atoms with van der Waals surface area (Å²) < 4.78 is 7.62. The molecule has 1 amide bonds. The van der Waals surface area contributed by atoms with Gasteiger partial charge in [-0.1, -0.05) is 0 Å². The molecule has 7 nitrogen and oxygen atoms in total. The van der Waals surface area contributed by atoms with Gasteiger partial charge < -0.3 is 10.1 Å². The van der Waals surface area contributed by atoms with E-state index < -0.39 is 0 Å². The minimum Gasteiger partial charge on any atom is -0.376 e. The fourth-order valence-corrected chi connectivity index (χ4v) is 4.27. The van der Waals surface area contributed by atoms with Crippen LogP contribution in [0, 0.1) is 5.92 Å². The Bertz CT molecular complexity index is 765. The molecule has 4 rings (SSSR count). The Kier molecular flexibility index (Phi) is 6.90. The zero-order valence-electron chi connectivity index (χ0n) is 17.0. The van der Waals surface area contributed by atoms with Crippen LogP contribution < -0.4 is 5.32 Å². The molecule has 2 aliphatic rings. The van der Waals surface area contributed by atoms with Crippen molar-refractivity contribution in [3.63, 3.8) is 0 Å². The van der Waals surface area contributed by atoms with Crippen LogP contribution in [0.15, 0.2) is 36.8 Å². The van der Waals surface area contributed by atoms with Crippen LogP contribution >= 0.6 is 0 Å². The molecule has 1 unspecified atom stereocenters. The summed E-state index contributed by atoms with van der Waals surface area (Å²) in [7, 11) is 0. The van der Waals surface area contributed by atoms with E-state index >= 15 is 0 Å². The van der Waals surface area contributed by atoms with Crippen LogP contribution in [0.3, 0.4) is 0 Å². The van der Waals surface area contributed by atoms with E-state index in [9.17, 15) is 4.79 Å². The molecule has 2 aliphatic heterocycles. The quantitative estimate of drug-likeness (QED) is 0.741. The number of ether oxygens (including phenoxy) is 1. The lowest BCUT2D eigenvalue weighted by Gasteiger charge is -2.32. The number of nitrogens with zero attached hydrogens (tertiary/aromatic N) is 4. The summed E-state index contributed by atoms with van der Waals surface area (Å²) in [5.41, 5.74) is 1.21. The Balaban J connectivity index is 1.17. The second kappa shape index (κ2) is 9.98. The highest BCUT2D eigenvalue weighted by atomic mass is 16.5. The van der Waals surface area contributed by atoms with E-state index in [1.807, 2.05) is 18.3 Å². The lowest BCUT2D eigenvalue weighted by atomic mass is 9.92. The monoisotopic (exact) mass is 397 g/mol. The van der Waals surface area contributed by atoms with Crippen molar-refractivity contribution < 1.29 is 9.53 Å². The van der Waals surface area contributed by atoms with Crippen LogP contribution in [-0.2, 0) is 16.1 Å². The summed E-state index contributed by atoms with van der Waals surface area (Å²) in [6, 6.07) is 6.02. The van der Waals surface area contributed by atoms with Crippen LogP contribution in [-0.4, -0.2) is 57.7 Å². The van der Waals surface area contributed by atoms with Gasteiger partial charge in [0.15, 0.2) is 0 Å². The fourth-order valence-electron chi connectivity index (χ4n) is 4.27. The average molecular weight is 398 g/mol. The molecule has 0 aliphatic carbocycles. The number of carbonyl (C=O) groups is 1. The summed E-state index contributed by atoms with van der Waals surface area (Å²) in [6.07, 6.45) is 11.9. The first-order valence-electron chi connectivity index (χ1n) is 10.8. The van der Waals surface area contributed by atoms with Crippen LogP contribution in [0.4, 0.5) is 0 Å². The van der Waals surface area contributed by atoms with Crippen LogP contribution in [0.2, 0.25) is 0 Å². The van der Waals surface area contributed by atoms with Crippen LogP contribution in [0.5, 0.6) is 0 Å². The molecule has 0 aromatic carbocycles. The first kappa shape index (κ1) is 20.0. The predicted molar refractivity (Wildman–Crippen MR) is 111 cm³/mol. The lowest BCUT2D eigenvalue weighted by molar-refractivity contribution is -0.122. The predicted octanol–water partition coefficient (Wildman–Crippen LogP) is 2.55. The number of nitrogens with one attached hydrogen (secondary N) is 1. The molecule has 0 bridgehead atoms. The van der Waals surface area contributed by atoms with Gasteiger partial charge in [0, 0.05) is 50.4 Å². The molecule has 0 saturated carbocycles. The largest absolute Gasteiger partial charge is 0.376 e. The van der Waals surface area contributed by atoms with Crippen molar-refractivity contribution in [3.8, 4) is 5.95 Å². The molecule has 2 fully saturated rings. The molecule has 2 aromatic heterocycles. The average Bonchev–Trinajstić information content (AvgIpc) is 3.44. The second-order valence-corrected chi connectivity index (χ2v) is 8.12. The maximum absolute atomic E-state index is 12.1. The normalized spacial score (nSPS) is 20.8. The highest BCUT2D eigenvalue weighted by molar-refractivity contribution is 5.75. The van der Waals surface area contributed by atoms with Gasteiger partial charge in [0.1, 0.15) is 0 Å². The van der Waals surface area contributed by atoms with E-state index in [1.54, 1.807) is 12.4 Å². The Labute approximate surface area is 172 Å². The van der Waals surface area contributed by atoms with E-state index in [0.29, 0.717) is 18.9 Å². The highest BCUT2D eigenvalue weighted by Crippen LogP contribution is 2.23. The van der Waals surface area contributed by atoms with Gasteiger partial charge in [0.05, 0.1) is 6.10 Å². The number of amides is 1. The Morgan fingerprint density at radius 1 is 1.17 bits per heavy atom. The van der Waals surface area contributed by atoms with E-state index in [2.05, 4.69) is 30.8 Å². The molecular formula is C22H31N5O2. The molecule has 2 saturated heterocycles. The van der Waals surface area contributed by atoms with Crippen molar-refractivity contribution in [2.45, 2.75) is 51.2 Å². The van der Waals surface area contributed by atoms with Gasteiger partial charge in [-0.2, -0.15) is 0 Å². The molecule has 2 aromatic rings. The molecule has 1 atom stereocenters. The third-order valence-corrected chi connectivity index (χ3v) is 6.02. The van der Waals surface area contributed by atoms with Crippen LogP contribution in [0.25, 0.3) is 5.95 Å². The minimum absolute atomic E-state index is 0.170. The van der Waals surface area contributed by atoms with Crippen molar-refractivity contribution in [2.24, 2.45) is 5.92 Å². The third-order valence-electron chi connectivity index (χ3n) is 6.02. The molecule has 156 valence electrons. The summed E-state index contributed by atoms with van der Waals surface area (Å²) in [5.74, 6) is 1.53. The molecule has 4 heterocycles. The first-order chi connectivity index (χ1) is 14.3. The zero-order chi connectivity index (χ0) is 19.9.